The predicted molar refractivity (Wildman–Crippen MR) is 104 cm³/mol. The molecule has 1 fully saturated rings. The third-order valence-electron chi connectivity index (χ3n) is 5.04. The van der Waals surface area contributed by atoms with Crippen LogP contribution in [-0.4, -0.2) is 45.0 Å². The molecule has 0 aliphatic carbocycles. The molecule has 1 unspecified atom stereocenters. The van der Waals surface area contributed by atoms with Gasteiger partial charge < -0.3 is 10.6 Å². The van der Waals surface area contributed by atoms with Gasteiger partial charge in [-0.3, -0.25) is 19.7 Å². The second-order valence-electron chi connectivity index (χ2n) is 7.06. The molecule has 7 heteroatoms. The number of H-pyrrole nitrogens is 1. The van der Waals surface area contributed by atoms with Crippen molar-refractivity contribution < 1.29 is 9.59 Å². The number of likely N-dealkylation sites (tertiary alicyclic amines) is 1. The van der Waals surface area contributed by atoms with Crippen LogP contribution in [0.2, 0.25) is 0 Å². The number of primary amides is 1. The fourth-order valence-corrected chi connectivity index (χ4v) is 3.62. The van der Waals surface area contributed by atoms with Gasteiger partial charge in [-0.15, -0.1) is 0 Å². The van der Waals surface area contributed by atoms with Crippen molar-refractivity contribution in [1.82, 2.24) is 20.1 Å². The number of hydrogen-bond donors (Lipinski definition) is 2. The Balaban J connectivity index is 1.40. The lowest BCUT2D eigenvalue weighted by atomic mass is 9.97. The molecule has 0 saturated carbocycles. The van der Waals surface area contributed by atoms with E-state index in [0.717, 1.165) is 24.1 Å². The largest absolute Gasteiger partial charge is 0.366 e. The van der Waals surface area contributed by atoms with E-state index in [2.05, 4.69) is 15.2 Å². The van der Waals surface area contributed by atoms with E-state index >= 15 is 0 Å². The molecule has 1 aliphatic rings. The van der Waals surface area contributed by atoms with E-state index < -0.39 is 5.91 Å². The van der Waals surface area contributed by atoms with E-state index in [9.17, 15) is 9.59 Å². The Morgan fingerprint density at radius 3 is 2.82 bits per heavy atom. The fraction of sp³-hybridized carbons (Fsp3) is 0.238. The Hall–Kier alpha value is -3.48. The highest BCUT2D eigenvalue weighted by molar-refractivity contribution is 5.93. The molecule has 1 aliphatic heterocycles. The zero-order chi connectivity index (χ0) is 19.5. The van der Waals surface area contributed by atoms with Gasteiger partial charge in [-0.1, -0.05) is 18.2 Å². The number of carbonyl (C=O) groups excluding carboxylic acids is 2. The van der Waals surface area contributed by atoms with Crippen LogP contribution in [0.5, 0.6) is 0 Å². The summed E-state index contributed by atoms with van der Waals surface area (Å²) in [5.41, 5.74) is 8.79. The van der Waals surface area contributed by atoms with Gasteiger partial charge in [0.25, 0.3) is 5.91 Å². The first-order valence-corrected chi connectivity index (χ1v) is 9.25. The number of pyridine rings is 1. The van der Waals surface area contributed by atoms with Crippen LogP contribution in [0.15, 0.2) is 54.7 Å². The molecular formula is C21H21N5O2. The Bertz CT molecular complexity index is 999. The third-order valence-corrected chi connectivity index (χ3v) is 5.04. The minimum absolute atomic E-state index is 0.0527. The molecule has 142 valence electrons. The van der Waals surface area contributed by atoms with Crippen molar-refractivity contribution in [2.24, 2.45) is 11.7 Å². The predicted octanol–water partition coefficient (Wildman–Crippen LogP) is 2.28. The van der Waals surface area contributed by atoms with Crippen molar-refractivity contribution in [3.63, 3.8) is 0 Å². The van der Waals surface area contributed by atoms with Gasteiger partial charge in [0.1, 0.15) is 11.4 Å². The molecule has 1 aromatic carbocycles. The number of hydrogen-bond acceptors (Lipinski definition) is 4. The molecule has 2 aromatic heterocycles. The zero-order valence-electron chi connectivity index (χ0n) is 15.3. The number of benzene rings is 1. The number of amides is 2. The van der Waals surface area contributed by atoms with Crippen LogP contribution < -0.4 is 5.73 Å². The lowest BCUT2D eigenvalue weighted by molar-refractivity contribution is 0.0781. The van der Waals surface area contributed by atoms with Crippen LogP contribution in [0.1, 0.15) is 32.8 Å². The second-order valence-corrected chi connectivity index (χ2v) is 7.06. The highest BCUT2D eigenvalue weighted by Gasteiger charge is 2.28. The molecule has 0 radical (unpaired) electrons. The molecule has 7 nitrogen and oxygen atoms in total. The summed E-state index contributed by atoms with van der Waals surface area (Å²) in [6.45, 7) is 1.38. The zero-order valence-corrected chi connectivity index (χ0v) is 15.3. The lowest BCUT2D eigenvalue weighted by Gasteiger charge is -2.15. The molecule has 2 amide bonds. The maximum Gasteiger partial charge on any atom is 0.271 e. The van der Waals surface area contributed by atoms with Crippen LogP contribution in [0.3, 0.4) is 0 Å². The standard InChI is InChI=1S/C21H21N5O2/c22-20(27)16-5-3-4-14(11-16)10-15-7-9-26(13-15)21(28)19-12-18(24-25-19)17-6-1-2-8-23-17/h1-6,8,11-12,15H,7,9-10,13H2,(H2,22,27)(H,24,25). The topological polar surface area (TPSA) is 105 Å². The maximum absolute atomic E-state index is 12.8. The molecule has 1 saturated heterocycles. The van der Waals surface area contributed by atoms with Crippen LogP contribution in [-0.2, 0) is 6.42 Å². The first-order valence-electron chi connectivity index (χ1n) is 9.25. The Kier molecular flexibility index (Phi) is 4.89. The fourth-order valence-electron chi connectivity index (χ4n) is 3.62. The molecule has 3 N–H and O–H groups in total. The summed E-state index contributed by atoms with van der Waals surface area (Å²) in [5.74, 6) is -0.124. The SMILES string of the molecule is NC(=O)c1cccc(CC2CCN(C(=O)c3cc(-c4ccccn4)n[nH]3)C2)c1. The van der Waals surface area contributed by atoms with Gasteiger partial charge in [-0.05, 0) is 54.7 Å². The molecule has 4 rings (SSSR count). The summed E-state index contributed by atoms with van der Waals surface area (Å²) in [7, 11) is 0. The van der Waals surface area contributed by atoms with E-state index in [1.54, 1.807) is 18.3 Å². The highest BCUT2D eigenvalue weighted by atomic mass is 16.2. The molecule has 28 heavy (non-hydrogen) atoms. The van der Waals surface area contributed by atoms with Crippen LogP contribution in [0.4, 0.5) is 0 Å². The Morgan fingerprint density at radius 2 is 2.04 bits per heavy atom. The van der Waals surface area contributed by atoms with Crippen LogP contribution in [0, 0.1) is 5.92 Å². The van der Waals surface area contributed by atoms with Crippen molar-refractivity contribution in [1.29, 1.82) is 0 Å². The van der Waals surface area contributed by atoms with E-state index in [4.69, 9.17) is 5.73 Å². The summed E-state index contributed by atoms with van der Waals surface area (Å²) in [6.07, 6.45) is 3.44. The average Bonchev–Trinajstić information content (AvgIpc) is 3.38. The average molecular weight is 375 g/mol. The van der Waals surface area contributed by atoms with Gasteiger partial charge in [-0.25, -0.2) is 0 Å². The minimum Gasteiger partial charge on any atom is -0.366 e. The van der Waals surface area contributed by atoms with Gasteiger partial charge in [0.15, 0.2) is 0 Å². The van der Waals surface area contributed by atoms with Gasteiger partial charge >= 0.3 is 0 Å². The monoisotopic (exact) mass is 375 g/mol. The minimum atomic E-state index is -0.423. The first kappa shape index (κ1) is 17.9. The Labute approximate surface area is 162 Å². The first-order chi connectivity index (χ1) is 13.6. The number of nitrogens with one attached hydrogen (secondary N) is 1. The maximum atomic E-state index is 12.8. The molecule has 1 atom stereocenters. The normalized spacial score (nSPS) is 16.3. The van der Waals surface area contributed by atoms with E-state index in [1.165, 1.54) is 0 Å². The second kappa shape index (κ2) is 7.64. The molecule has 0 bridgehead atoms. The van der Waals surface area contributed by atoms with Crippen molar-refractivity contribution in [2.45, 2.75) is 12.8 Å². The summed E-state index contributed by atoms with van der Waals surface area (Å²) < 4.78 is 0. The number of nitrogens with two attached hydrogens (primary N) is 1. The smallest absolute Gasteiger partial charge is 0.271 e. The summed E-state index contributed by atoms with van der Waals surface area (Å²) in [5, 5.41) is 7.05. The van der Waals surface area contributed by atoms with Crippen molar-refractivity contribution in [2.75, 3.05) is 13.1 Å². The van der Waals surface area contributed by atoms with Crippen molar-refractivity contribution in [3.8, 4) is 11.4 Å². The molecule has 3 heterocycles. The third kappa shape index (κ3) is 3.78. The Morgan fingerprint density at radius 1 is 1.14 bits per heavy atom. The number of aromatic amines is 1. The number of rotatable bonds is 5. The van der Waals surface area contributed by atoms with Crippen LogP contribution in [0.25, 0.3) is 11.4 Å². The summed E-state index contributed by atoms with van der Waals surface area (Å²) in [6, 6.07) is 14.7. The van der Waals surface area contributed by atoms with E-state index in [-0.39, 0.29) is 5.91 Å². The quantitative estimate of drug-likeness (QED) is 0.714. The summed E-state index contributed by atoms with van der Waals surface area (Å²) >= 11 is 0. The highest BCUT2D eigenvalue weighted by Crippen LogP contribution is 2.23. The van der Waals surface area contributed by atoms with E-state index in [1.807, 2.05) is 41.3 Å². The summed E-state index contributed by atoms with van der Waals surface area (Å²) in [4.78, 5) is 30.3. The van der Waals surface area contributed by atoms with Gasteiger partial charge in [0.2, 0.25) is 5.91 Å². The van der Waals surface area contributed by atoms with Crippen LogP contribution >= 0.6 is 0 Å². The van der Waals surface area contributed by atoms with Gasteiger partial charge in [-0.2, -0.15) is 5.10 Å². The van der Waals surface area contributed by atoms with Crippen molar-refractivity contribution >= 4 is 11.8 Å². The van der Waals surface area contributed by atoms with E-state index in [0.29, 0.717) is 36.0 Å². The number of aromatic nitrogens is 3. The molecular weight excluding hydrogens is 354 g/mol. The number of carbonyl (C=O) groups is 2. The number of nitrogens with zero attached hydrogens (tertiary/aromatic N) is 3. The van der Waals surface area contributed by atoms with Gasteiger partial charge in [0.05, 0.1) is 5.69 Å². The lowest BCUT2D eigenvalue weighted by Crippen LogP contribution is -2.29. The van der Waals surface area contributed by atoms with Crippen molar-refractivity contribution in [3.05, 3.63) is 71.5 Å². The molecule has 0 spiro atoms. The van der Waals surface area contributed by atoms with Gasteiger partial charge in [0, 0.05) is 24.8 Å². The molecule has 3 aromatic rings.